The van der Waals surface area contributed by atoms with Crippen LogP contribution in [-0.2, 0) is 7.05 Å². The van der Waals surface area contributed by atoms with Crippen molar-refractivity contribution >= 4 is 17.1 Å². The van der Waals surface area contributed by atoms with Gasteiger partial charge in [-0.1, -0.05) is 30.3 Å². The van der Waals surface area contributed by atoms with E-state index in [1.165, 1.54) is 11.3 Å². The molecule has 2 heterocycles. The number of fused-ring (bicyclic) bond motifs is 3. The predicted molar refractivity (Wildman–Crippen MR) is 83.9 cm³/mol. The van der Waals surface area contributed by atoms with Gasteiger partial charge in [0.05, 0.1) is 11.3 Å². The standard InChI is InChI=1S/C17H11NO2S/c1-18-14(19)9-12(13-7-4-8-21-13)15-16(18)10-5-2-3-6-11(10)17(15)20/h2-9H,1H3. The smallest absolute Gasteiger partial charge is 0.251 e. The predicted octanol–water partition coefficient (Wildman–Crippen LogP) is 3.33. The van der Waals surface area contributed by atoms with Gasteiger partial charge in [0.2, 0.25) is 0 Å². The third-order valence-corrected chi connectivity index (χ3v) is 4.78. The molecule has 2 aromatic heterocycles. The molecule has 0 unspecified atom stereocenters. The number of hydrogen-bond acceptors (Lipinski definition) is 3. The van der Waals surface area contributed by atoms with Gasteiger partial charge in [-0.15, -0.1) is 11.3 Å². The van der Waals surface area contributed by atoms with E-state index in [4.69, 9.17) is 0 Å². The third-order valence-electron chi connectivity index (χ3n) is 3.88. The first-order valence-electron chi connectivity index (χ1n) is 6.60. The molecule has 1 aliphatic rings. The van der Waals surface area contributed by atoms with E-state index in [0.29, 0.717) is 11.1 Å². The van der Waals surface area contributed by atoms with Gasteiger partial charge in [0.15, 0.2) is 5.78 Å². The van der Waals surface area contributed by atoms with E-state index >= 15 is 0 Å². The Kier molecular flexibility index (Phi) is 2.50. The first-order valence-corrected chi connectivity index (χ1v) is 7.48. The summed E-state index contributed by atoms with van der Waals surface area (Å²) in [4.78, 5) is 26.0. The van der Waals surface area contributed by atoms with Crippen molar-refractivity contribution in [1.82, 2.24) is 4.57 Å². The molecule has 0 N–H and O–H groups in total. The second-order valence-corrected chi connectivity index (χ2v) is 5.98. The third kappa shape index (κ3) is 1.59. The molecule has 0 radical (unpaired) electrons. The zero-order chi connectivity index (χ0) is 14.6. The largest absolute Gasteiger partial charge is 0.311 e. The highest BCUT2D eigenvalue weighted by Gasteiger charge is 2.32. The molecule has 4 rings (SSSR count). The molecule has 0 atom stereocenters. The second kappa shape index (κ2) is 4.27. The monoisotopic (exact) mass is 293 g/mol. The van der Waals surface area contributed by atoms with Crippen LogP contribution in [0.2, 0.25) is 0 Å². The molecule has 21 heavy (non-hydrogen) atoms. The highest BCUT2D eigenvalue weighted by atomic mass is 32.1. The van der Waals surface area contributed by atoms with E-state index in [9.17, 15) is 9.59 Å². The number of ketones is 1. The quantitative estimate of drug-likeness (QED) is 0.540. The average Bonchev–Trinajstić information content (AvgIpc) is 3.11. The molecule has 4 heteroatoms. The van der Waals surface area contributed by atoms with Crippen molar-refractivity contribution in [3.05, 3.63) is 69.3 Å². The molecule has 0 aliphatic heterocycles. The van der Waals surface area contributed by atoms with Gasteiger partial charge in [0, 0.05) is 34.7 Å². The summed E-state index contributed by atoms with van der Waals surface area (Å²) in [7, 11) is 1.72. The summed E-state index contributed by atoms with van der Waals surface area (Å²) in [5, 5.41) is 1.95. The van der Waals surface area contributed by atoms with Crippen LogP contribution in [0.4, 0.5) is 0 Å². The van der Waals surface area contributed by atoms with Crippen molar-refractivity contribution in [1.29, 1.82) is 0 Å². The van der Waals surface area contributed by atoms with Crippen LogP contribution >= 0.6 is 11.3 Å². The van der Waals surface area contributed by atoms with Crippen molar-refractivity contribution in [2.75, 3.05) is 0 Å². The lowest BCUT2D eigenvalue weighted by atomic mass is 10.0. The Morgan fingerprint density at radius 2 is 1.71 bits per heavy atom. The summed E-state index contributed by atoms with van der Waals surface area (Å²) in [5.74, 6) is -0.000370. The van der Waals surface area contributed by atoms with Gasteiger partial charge in [-0.05, 0) is 11.4 Å². The van der Waals surface area contributed by atoms with Crippen LogP contribution in [0, 0.1) is 0 Å². The number of benzene rings is 1. The summed E-state index contributed by atoms with van der Waals surface area (Å²) in [6.07, 6.45) is 0. The van der Waals surface area contributed by atoms with Crippen molar-refractivity contribution in [3.63, 3.8) is 0 Å². The van der Waals surface area contributed by atoms with Gasteiger partial charge in [-0.2, -0.15) is 0 Å². The van der Waals surface area contributed by atoms with E-state index in [0.717, 1.165) is 21.7 Å². The summed E-state index contributed by atoms with van der Waals surface area (Å²) >= 11 is 1.54. The summed E-state index contributed by atoms with van der Waals surface area (Å²) in [6, 6.07) is 12.9. The van der Waals surface area contributed by atoms with Gasteiger partial charge >= 0.3 is 0 Å². The zero-order valence-electron chi connectivity index (χ0n) is 11.3. The lowest BCUT2D eigenvalue weighted by molar-refractivity contribution is 0.104. The van der Waals surface area contributed by atoms with Crippen LogP contribution in [0.3, 0.4) is 0 Å². The van der Waals surface area contributed by atoms with Gasteiger partial charge in [0.25, 0.3) is 5.56 Å². The first-order chi connectivity index (χ1) is 10.2. The van der Waals surface area contributed by atoms with Crippen LogP contribution in [0.1, 0.15) is 15.9 Å². The minimum Gasteiger partial charge on any atom is -0.311 e. The summed E-state index contributed by atoms with van der Waals surface area (Å²) in [6.45, 7) is 0. The minimum atomic E-state index is -0.0957. The number of nitrogens with zero attached hydrogens (tertiary/aromatic N) is 1. The molecular formula is C17H11NO2S. The van der Waals surface area contributed by atoms with Crippen LogP contribution in [0.15, 0.2) is 52.6 Å². The van der Waals surface area contributed by atoms with Crippen LogP contribution < -0.4 is 5.56 Å². The number of aromatic nitrogens is 1. The van der Waals surface area contributed by atoms with Crippen molar-refractivity contribution in [2.24, 2.45) is 7.05 Å². The minimum absolute atomic E-state index is 0.000370. The SMILES string of the molecule is Cn1c2c(c(-c3cccs3)cc1=O)C(=O)c1ccccc1-2. The van der Waals surface area contributed by atoms with E-state index in [1.807, 2.05) is 41.8 Å². The fraction of sp³-hybridized carbons (Fsp3) is 0.0588. The van der Waals surface area contributed by atoms with Crippen molar-refractivity contribution in [2.45, 2.75) is 0 Å². The molecule has 0 bridgehead atoms. The van der Waals surface area contributed by atoms with E-state index in [-0.39, 0.29) is 11.3 Å². The molecule has 0 spiro atoms. The maximum Gasteiger partial charge on any atom is 0.251 e. The number of pyridine rings is 1. The molecule has 102 valence electrons. The van der Waals surface area contributed by atoms with Crippen molar-refractivity contribution < 1.29 is 4.79 Å². The Balaban J connectivity index is 2.16. The fourth-order valence-electron chi connectivity index (χ4n) is 2.89. The van der Waals surface area contributed by atoms with Crippen molar-refractivity contribution in [3.8, 4) is 21.7 Å². The second-order valence-electron chi connectivity index (χ2n) is 5.03. The Hall–Kier alpha value is -2.46. The highest BCUT2D eigenvalue weighted by molar-refractivity contribution is 7.13. The molecule has 0 amide bonds. The van der Waals surface area contributed by atoms with Crippen LogP contribution in [0.25, 0.3) is 21.7 Å². The van der Waals surface area contributed by atoms with E-state index in [2.05, 4.69) is 0 Å². The average molecular weight is 293 g/mol. The number of carbonyl (C=O) groups excluding carboxylic acids is 1. The molecule has 3 aromatic rings. The number of thiophene rings is 1. The number of rotatable bonds is 1. The van der Waals surface area contributed by atoms with Gasteiger partial charge in [-0.3, -0.25) is 9.59 Å². The lowest BCUT2D eigenvalue weighted by Gasteiger charge is -2.10. The lowest BCUT2D eigenvalue weighted by Crippen LogP contribution is -2.19. The van der Waals surface area contributed by atoms with Gasteiger partial charge in [0.1, 0.15) is 0 Å². The first kappa shape index (κ1) is 12.3. The molecule has 0 fully saturated rings. The Morgan fingerprint density at radius 1 is 0.952 bits per heavy atom. The summed E-state index contributed by atoms with van der Waals surface area (Å²) in [5.41, 5.74) is 3.53. The zero-order valence-corrected chi connectivity index (χ0v) is 12.1. The molecular weight excluding hydrogens is 282 g/mol. The summed E-state index contributed by atoms with van der Waals surface area (Å²) < 4.78 is 1.57. The molecule has 1 aliphatic carbocycles. The molecule has 0 saturated heterocycles. The maximum absolute atomic E-state index is 12.8. The number of hydrogen-bond donors (Lipinski definition) is 0. The van der Waals surface area contributed by atoms with Crippen LogP contribution in [0.5, 0.6) is 0 Å². The van der Waals surface area contributed by atoms with E-state index in [1.54, 1.807) is 17.7 Å². The molecule has 0 saturated carbocycles. The van der Waals surface area contributed by atoms with Gasteiger partial charge < -0.3 is 4.57 Å². The van der Waals surface area contributed by atoms with E-state index < -0.39 is 0 Å². The molecule has 3 nitrogen and oxygen atoms in total. The topological polar surface area (TPSA) is 39.1 Å². The Bertz CT molecular complexity index is 936. The van der Waals surface area contributed by atoms with Gasteiger partial charge in [-0.25, -0.2) is 0 Å². The molecule has 1 aromatic carbocycles. The Labute approximate surface area is 125 Å². The fourth-order valence-corrected chi connectivity index (χ4v) is 3.64. The highest BCUT2D eigenvalue weighted by Crippen LogP contribution is 2.41. The van der Waals surface area contributed by atoms with Crippen LogP contribution in [-0.4, -0.2) is 10.4 Å². The number of carbonyl (C=O) groups is 1. The Morgan fingerprint density at radius 3 is 2.43 bits per heavy atom. The normalized spacial score (nSPS) is 12.3. The maximum atomic E-state index is 12.8.